The van der Waals surface area contributed by atoms with Gasteiger partial charge in [0.25, 0.3) is 5.91 Å². The molecule has 4 aromatic rings. The molecule has 3 aromatic carbocycles. The Morgan fingerprint density at radius 2 is 1.76 bits per heavy atom. The SMILES string of the molecule is Cc1ccc(C(=O)C2=C(O)C(=O)N(c3ncc(S(=O)(=O)c4ccccc4)s3)C2c2cccc(Cl)c2)c(C)c1. The van der Waals surface area contributed by atoms with E-state index in [2.05, 4.69) is 4.98 Å². The quantitative estimate of drug-likeness (QED) is 0.287. The van der Waals surface area contributed by atoms with Crippen LogP contribution in [0.4, 0.5) is 5.13 Å². The summed E-state index contributed by atoms with van der Waals surface area (Å²) in [6, 6.07) is 18.7. The molecule has 0 saturated carbocycles. The average molecular weight is 565 g/mol. The highest BCUT2D eigenvalue weighted by molar-refractivity contribution is 7.93. The van der Waals surface area contributed by atoms with Crippen molar-refractivity contribution in [3.05, 3.63) is 118 Å². The molecule has 2 heterocycles. The van der Waals surface area contributed by atoms with E-state index >= 15 is 0 Å². The standard InChI is InChI=1S/C28H21ClN2O5S2/c1-16-11-12-21(17(2)13-16)25(32)23-24(18-7-6-8-19(29)14-18)31(27(34)26(23)33)28-30-15-22(37-28)38(35,36)20-9-4-3-5-10-20/h3-15,24,33H,1-2H3. The number of aliphatic hydroxyl groups is 1. The van der Waals surface area contributed by atoms with Gasteiger partial charge in [-0.15, -0.1) is 0 Å². The molecule has 192 valence electrons. The van der Waals surface area contributed by atoms with Crippen LogP contribution in [0.1, 0.15) is 33.1 Å². The van der Waals surface area contributed by atoms with Crippen LogP contribution in [0.5, 0.6) is 0 Å². The van der Waals surface area contributed by atoms with E-state index in [1.807, 2.05) is 13.0 Å². The molecule has 38 heavy (non-hydrogen) atoms. The van der Waals surface area contributed by atoms with Gasteiger partial charge in [0.15, 0.2) is 16.7 Å². The Hall–Kier alpha value is -3.79. The molecule has 1 aliphatic rings. The van der Waals surface area contributed by atoms with Crippen LogP contribution < -0.4 is 4.90 Å². The zero-order valence-electron chi connectivity index (χ0n) is 20.3. The number of nitrogens with zero attached hydrogens (tertiary/aromatic N) is 2. The Kier molecular flexibility index (Phi) is 6.68. The fraction of sp³-hybridized carbons (Fsp3) is 0.107. The van der Waals surface area contributed by atoms with Gasteiger partial charge < -0.3 is 5.11 Å². The molecule has 7 nitrogen and oxygen atoms in total. The monoisotopic (exact) mass is 564 g/mol. The Morgan fingerprint density at radius 1 is 1.03 bits per heavy atom. The Labute approximate surface area is 228 Å². The van der Waals surface area contributed by atoms with Crippen molar-refractivity contribution >= 4 is 49.6 Å². The van der Waals surface area contributed by atoms with Gasteiger partial charge in [-0.25, -0.2) is 13.4 Å². The first kappa shape index (κ1) is 25.8. The first-order valence-electron chi connectivity index (χ1n) is 11.5. The third-order valence-electron chi connectivity index (χ3n) is 6.24. The second kappa shape index (κ2) is 9.83. The number of rotatable bonds is 6. The van der Waals surface area contributed by atoms with Gasteiger partial charge in [0.1, 0.15) is 4.21 Å². The van der Waals surface area contributed by atoms with Gasteiger partial charge >= 0.3 is 0 Å². The molecule has 0 bridgehead atoms. The van der Waals surface area contributed by atoms with Crippen molar-refractivity contribution in [2.75, 3.05) is 4.90 Å². The number of halogens is 1. The van der Waals surface area contributed by atoms with Crippen LogP contribution in [-0.4, -0.2) is 30.2 Å². The number of aliphatic hydroxyl groups excluding tert-OH is 1. The maximum Gasteiger partial charge on any atom is 0.296 e. The number of hydrogen-bond donors (Lipinski definition) is 1. The van der Waals surface area contributed by atoms with Crippen LogP contribution in [0, 0.1) is 13.8 Å². The van der Waals surface area contributed by atoms with Gasteiger partial charge in [0.05, 0.1) is 22.7 Å². The van der Waals surface area contributed by atoms with Crippen molar-refractivity contribution < 1.29 is 23.1 Å². The van der Waals surface area contributed by atoms with E-state index in [9.17, 15) is 23.1 Å². The van der Waals surface area contributed by atoms with Crippen molar-refractivity contribution in [3.8, 4) is 0 Å². The summed E-state index contributed by atoms with van der Waals surface area (Å²) in [6.07, 6.45) is 1.17. The average Bonchev–Trinajstić information content (AvgIpc) is 3.48. The number of amides is 1. The number of ketones is 1. The number of hydrogen-bond acceptors (Lipinski definition) is 7. The molecule has 0 saturated heterocycles. The number of carbonyl (C=O) groups excluding carboxylic acids is 2. The Morgan fingerprint density at radius 3 is 2.45 bits per heavy atom. The summed E-state index contributed by atoms with van der Waals surface area (Å²) in [4.78, 5) is 32.7. The van der Waals surface area contributed by atoms with Crippen molar-refractivity contribution in [1.29, 1.82) is 0 Å². The lowest BCUT2D eigenvalue weighted by Gasteiger charge is -2.25. The number of aryl methyl sites for hydroxylation is 2. The molecule has 0 spiro atoms. The summed E-state index contributed by atoms with van der Waals surface area (Å²) < 4.78 is 26.2. The van der Waals surface area contributed by atoms with Crippen LogP contribution in [0.3, 0.4) is 0 Å². The molecule has 1 atom stereocenters. The summed E-state index contributed by atoms with van der Waals surface area (Å²) >= 11 is 7.03. The van der Waals surface area contributed by atoms with E-state index < -0.39 is 33.3 Å². The maximum absolute atomic E-state index is 13.8. The van der Waals surface area contributed by atoms with Crippen molar-refractivity contribution in [3.63, 3.8) is 0 Å². The summed E-state index contributed by atoms with van der Waals surface area (Å²) in [6.45, 7) is 3.68. The van der Waals surface area contributed by atoms with Crippen LogP contribution in [0.25, 0.3) is 0 Å². The minimum Gasteiger partial charge on any atom is -0.503 e. The van der Waals surface area contributed by atoms with Crippen molar-refractivity contribution in [1.82, 2.24) is 4.98 Å². The summed E-state index contributed by atoms with van der Waals surface area (Å²) in [7, 11) is -3.90. The molecule has 1 N–H and O–H groups in total. The molecule has 1 amide bonds. The first-order valence-corrected chi connectivity index (χ1v) is 14.2. The van der Waals surface area contributed by atoms with E-state index in [-0.39, 0.29) is 19.8 Å². The summed E-state index contributed by atoms with van der Waals surface area (Å²) in [5, 5.41) is 11.4. The molecule has 1 aromatic heterocycles. The maximum atomic E-state index is 13.8. The molecular formula is C28H21ClN2O5S2. The van der Waals surface area contributed by atoms with E-state index in [1.165, 1.54) is 18.3 Å². The fourth-order valence-corrected chi connectivity index (χ4v) is 7.21. The smallest absolute Gasteiger partial charge is 0.296 e. The molecule has 5 rings (SSSR count). The summed E-state index contributed by atoms with van der Waals surface area (Å²) in [5.74, 6) is -2.10. The minimum absolute atomic E-state index is 0.0180. The number of thiazole rings is 1. The molecular weight excluding hydrogens is 544 g/mol. The number of benzene rings is 3. The minimum atomic E-state index is -3.90. The molecule has 0 radical (unpaired) electrons. The molecule has 1 unspecified atom stereocenters. The van der Waals surface area contributed by atoms with Crippen molar-refractivity contribution in [2.45, 2.75) is 29.0 Å². The van der Waals surface area contributed by atoms with E-state index in [4.69, 9.17) is 11.6 Å². The first-order chi connectivity index (χ1) is 18.1. The lowest BCUT2D eigenvalue weighted by molar-refractivity contribution is -0.117. The van der Waals surface area contributed by atoms with Crippen LogP contribution in [0.15, 0.2) is 99.4 Å². The molecule has 1 aliphatic heterocycles. The number of carbonyl (C=O) groups is 2. The Bertz CT molecular complexity index is 1730. The van der Waals surface area contributed by atoms with E-state index in [0.717, 1.165) is 21.8 Å². The zero-order valence-corrected chi connectivity index (χ0v) is 22.6. The third-order valence-corrected chi connectivity index (χ3v) is 9.70. The highest BCUT2D eigenvalue weighted by Crippen LogP contribution is 2.44. The van der Waals surface area contributed by atoms with Crippen LogP contribution in [-0.2, 0) is 14.6 Å². The largest absolute Gasteiger partial charge is 0.503 e. The van der Waals surface area contributed by atoms with Gasteiger partial charge in [-0.05, 0) is 49.2 Å². The Balaban J connectivity index is 1.64. The van der Waals surface area contributed by atoms with Gasteiger partial charge in [-0.1, -0.05) is 77.0 Å². The lowest BCUT2D eigenvalue weighted by atomic mass is 9.90. The number of sulfone groups is 1. The predicted octanol–water partition coefficient (Wildman–Crippen LogP) is 6.03. The lowest BCUT2D eigenvalue weighted by Crippen LogP contribution is -2.31. The van der Waals surface area contributed by atoms with Crippen molar-refractivity contribution in [2.24, 2.45) is 0 Å². The van der Waals surface area contributed by atoms with Gasteiger partial charge in [0.2, 0.25) is 9.84 Å². The highest BCUT2D eigenvalue weighted by Gasteiger charge is 2.46. The second-order valence-corrected chi connectivity index (χ2v) is 12.4. The molecule has 10 heteroatoms. The third kappa shape index (κ3) is 4.42. The number of anilines is 1. The summed E-state index contributed by atoms with van der Waals surface area (Å²) in [5.41, 5.74) is 2.32. The van der Waals surface area contributed by atoms with E-state index in [1.54, 1.807) is 61.5 Å². The molecule has 0 aliphatic carbocycles. The topological polar surface area (TPSA) is 105 Å². The predicted molar refractivity (Wildman–Crippen MR) is 146 cm³/mol. The second-order valence-electron chi connectivity index (χ2n) is 8.82. The fourth-order valence-electron chi connectivity index (χ4n) is 4.44. The normalized spacial score (nSPS) is 15.8. The number of aromatic nitrogens is 1. The zero-order chi connectivity index (χ0) is 27.2. The number of Topliss-reactive ketones (excluding diaryl/α,β-unsaturated/α-hetero) is 1. The highest BCUT2D eigenvalue weighted by atomic mass is 35.5. The van der Waals surface area contributed by atoms with Gasteiger partial charge in [-0.3, -0.25) is 14.5 Å². The van der Waals surface area contributed by atoms with Gasteiger partial charge in [-0.2, -0.15) is 0 Å². The van der Waals surface area contributed by atoms with E-state index in [0.29, 0.717) is 21.7 Å². The van der Waals surface area contributed by atoms with Crippen LogP contribution in [0.2, 0.25) is 5.02 Å². The van der Waals surface area contributed by atoms with Gasteiger partial charge in [0, 0.05) is 10.6 Å². The molecule has 0 fully saturated rings. The van der Waals surface area contributed by atoms with Crippen LogP contribution >= 0.6 is 22.9 Å².